The molecule has 0 aromatic carbocycles. The second-order valence-electron chi connectivity index (χ2n) is 2.74. The van der Waals surface area contributed by atoms with Crippen molar-refractivity contribution in [2.75, 3.05) is 6.61 Å². The van der Waals surface area contributed by atoms with Crippen LogP contribution >= 0.6 is 12.4 Å². The number of hydrogen-bond acceptors (Lipinski definition) is 3. The molecule has 1 aromatic heterocycles. The lowest BCUT2D eigenvalue weighted by atomic mass is 10.1. The van der Waals surface area contributed by atoms with Gasteiger partial charge in [0.2, 0.25) is 0 Å². The molecule has 1 saturated heterocycles. The lowest BCUT2D eigenvalue weighted by molar-refractivity contribution is 0.0882. The summed E-state index contributed by atoms with van der Waals surface area (Å²) >= 11 is 0. The molecule has 0 radical (unpaired) electrons. The fraction of sp³-hybridized carbons (Fsp3) is 0.375. The normalized spacial score (nSPS) is 21.2. The number of hydrogen-bond donors (Lipinski definition) is 1. The highest BCUT2D eigenvalue weighted by Crippen LogP contribution is 2.20. The van der Waals surface area contributed by atoms with E-state index in [1.807, 2.05) is 0 Å². The van der Waals surface area contributed by atoms with Crippen molar-refractivity contribution < 1.29 is 9.23 Å². The Hall–Kier alpha value is -0.710. The lowest BCUT2D eigenvalue weighted by Crippen LogP contribution is -2.11. The van der Waals surface area contributed by atoms with Crippen molar-refractivity contribution in [2.24, 2.45) is 0 Å². The molecule has 0 aliphatic carbocycles. The van der Waals surface area contributed by atoms with Gasteiger partial charge in [0.05, 0.1) is 18.8 Å². The molecular formula is C8H10ClFN2O. The van der Waals surface area contributed by atoms with Gasteiger partial charge >= 0.3 is 0 Å². The van der Waals surface area contributed by atoms with E-state index in [-0.39, 0.29) is 24.3 Å². The summed E-state index contributed by atoms with van der Waals surface area (Å²) < 4.78 is 12.7. The van der Waals surface area contributed by atoms with Crippen molar-refractivity contribution in [3.63, 3.8) is 0 Å². The molecule has 1 N–H and O–H groups in total. The van der Waals surface area contributed by atoms with Crippen molar-refractivity contribution in [1.82, 2.24) is 10.5 Å². The summed E-state index contributed by atoms with van der Waals surface area (Å²) in [5.41, 5.74) is 3.63. The Morgan fingerprint density at radius 1 is 1.54 bits per heavy atom. The highest BCUT2D eigenvalue weighted by Gasteiger charge is 2.17. The summed E-state index contributed by atoms with van der Waals surface area (Å²) in [4.78, 5) is 8.71. The van der Waals surface area contributed by atoms with E-state index in [9.17, 15) is 4.39 Å². The third-order valence-corrected chi connectivity index (χ3v) is 1.86. The highest BCUT2D eigenvalue weighted by molar-refractivity contribution is 5.85. The average Bonchev–Trinajstić information content (AvgIpc) is 2.56. The zero-order valence-electron chi connectivity index (χ0n) is 6.87. The Kier molecular flexibility index (Phi) is 3.59. The van der Waals surface area contributed by atoms with Crippen molar-refractivity contribution in [3.05, 3.63) is 29.8 Å². The van der Waals surface area contributed by atoms with Crippen molar-refractivity contribution in [1.29, 1.82) is 0 Å². The number of hydroxylamine groups is 1. The van der Waals surface area contributed by atoms with Crippen LogP contribution in [0.4, 0.5) is 4.39 Å². The van der Waals surface area contributed by atoms with Crippen LogP contribution in [0, 0.1) is 5.82 Å². The van der Waals surface area contributed by atoms with E-state index in [0.717, 1.165) is 12.0 Å². The molecule has 2 heterocycles. The summed E-state index contributed by atoms with van der Waals surface area (Å²) in [6.07, 6.45) is 3.71. The van der Waals surface area contributed by atoms with Crippen LogP contribution in [0.3, 0.4) is 0 Å². The largest absolute Gasteiger partial charge is 0.301 e. The van der Waals surface area contributed by atoms with Gasteiger partial charge in [-0.3, -0.25) is 4.98 Å². The first kappa shape index (κ1) is 10.4. The minimum atomic E-state index is -0.304. The Bertz CT molecular complexity index is 279. The molecule has 1 aliphatic heterocycles. The summed E-state index contributed by atoms with van der Waals surface area (Å²) in [6, 6.07) is 1.56. The molecule has 5 heteroatoms. The van der Waals surface area contributed by atoms with Gasteiger partial charge in [0.25, 0.3) is 0 Å². The minimum absolute atomic E-state index is 0. The molecule has 1 fully saturated rings. The molecule has 0 spiro atoms. The second-order valence-corrected chi connectivity index (χ2v) is 2.74. The standard InChI is InChI=1S/C8H9FN2O.ClH/c9-7-3-6(4-10-5-7)8-1-2-12-11-8;/h3-5,8,11H,1-2H2;1H/t8-;/m0./s1. The van der Waals surface area contributed by atoms with Crippen LogP contribution in [0.1, 0.15) is 18.0 Å². The number of nitrogens with zero attached hydrogens (tertiary/aromatic N) is 1. The molecule has 13 heavy (non-hydrogen) atoms. The van der Waals surface area contributed by atoms with Crippen LogP contribution in [0.15, 0.2) is 18.5 Å². The van der Waals surface area contributed by atoms with E-state index < -0.39 is 0 Å². The molecule has 1 aliphatic rings. The average molecular weight is 205 g/mol. The van der Waals surface area contributed by atoms with E-state index >= 15 is 0 Å². The highest BCUT2D eigenvalue weighted by atomic mass is 35.5. The number of rotatable bonds is 1. The Balaban J connectivity index is 0.000000845. The van der Waals surface area contributed by atoms with Crippen molar-refractivity contribution in [2.45, 2.75) is 12.5 Å². The molecule has 1 atom stereocenters. The third-order valence-electron chi connectivity index (χ3n) is 1.86. The van der Waals surface area contributed by atoms with E-state index in [0.29, 0.717) is 6.61 Å². The fourth-order valence-electron chi connectivity index (χ4n) is 1.25. The van der Waals surface area contributed by atoms with Crippen molar-refractivity contribution >= 4 is 12.4 Å². The summed E-state index contributed by atoms with van der Waals surface area (Å²) in [5.74, 6) is -0.304. The van der Waals surface area contributed by atoms with Gasteiger partial charge in [-0.1, -0.05) is 0 Å². The van der Waals surface area contributed by atoms with Gasteiger partial charge in [-0.25, -0.2) is 4.39 Å². The summed E-state index contributed by atoms with van der Waals surface area (Å²) in [6.45, 7) is 0.668. The Morgan fingerprint density at radius 2 is 2.38 bits per heavy atom. The molecule has 72 valence electrons. The molecular weight excluding hydrogens is 195 g/mol. The van der Waals surface area contributed by atoms with Gasteiger partial charge in [0.1, 0.15) is 5.82 Å². The predicted molar refractivity (Wildman–Crippen MR) is 47.9 cm³/mol. The van der Waals surface area contributed by atoms with Gasteiger partial charge in [0, 0.05) is 6.20 Å². The molecule has 0 bridgehead atoms. The van der Waals surface area contributed by atoms with E-state index in [4.69, 9.17) is 4.84 Å². The van der Waals surface area contributed by atoms with Gasteiger partial charge in [-0.15, -0.1) is 12.4 Å². The van der Waals surface area contributed by atoms with E-state index in [1.165, 1.54) is 12.3 Å². The van der Waals surface area contributed by atoms with Crippen LogP contribution < -0.4 is 5.48 Å². The maximum atomic E-state index is 12.7. The third kappa shape index (κ3) is 2.37. The maximum Gasteiger partial charge on any atom is 0.141 e. The van der Waals surface area contributed by atoms with E-state index in [2.05, 4.69) is 10.5 Å². The van der Waals surface area contributed by atoms with Crippen LogP contribution in [-0.2, 0) is 4.84 Å². The number of halogens is 2. The molecule has 3 nitrogen and oxygen atoms in total. The maximum absolute atomic E-state index is 12.7. The lowest BCUT2D eigenvalue weighted by Gasteiger charge is -2.06. The second kappa shape index (κ2) is 4.50. The Morgan fingerprint density at radius 3 is 3.00 bits per heavy atom. The smallest absolute Gasteiger partial charge is 0.141 e. The topological polar surface area (TPSA) is 34.1 Å². The molecule has 2 rings (SSSR count). The summed E-state index contributed by atoms with van der Waals surface area (Å²) in [5, 5.41) is 0. The zero-order chi connectivity index (χ0) is 8.39. The molecule has 0 unspecified atom stereocenters. The first-order chi connectivity index (χ1) is 5.86. The Labute approximate surface area is 81.7 Å². The van der Waals surface area contributed by atoms with Gasteiger partial charge in [-0.2, -0.15) is 5.48 Å². The first-order valence-electron chi connectivity index (χ1n) is 3.84. The SMILES string of the molecule is Cl.Fc1cncc([C@@H]2CCON2)c1. The van der Waals surface area contributed by atoms with Crippen LogP contribution in [0.2, 0.25) is 0 Å². The van der Waals surface area contributed by atoms with Crippen LogP contribution in [-0.4, -0.2) is 11.6 Å². The van der Waals surface area contributed by atoms with Crippen molar-refractivity contribution in [3.8, 4) is 0 Å². The predicted octanol–water partition coefficient (Wildman–Crippen LogP) is 1.61. The first-order valence-corrected chi connectivity index (χ1v) is 3.84. The molecule has 0 amide bonds. The van der Waals surface area contributed by atoms with Gasteiger partial charge < -0.3 is 4.84 Å². The molecule has 0 saturated carbocycles. The van der Waals surface area contributed by atoms with Crippen LogP contribution in [0.5, 0.6) is 0 Å². The number of aromatic nitrogens is 1. The number of pyridine rings is 1. The number of nitrogens with one attached hydrogen (secondary N) is 1. The monoisotopic (exact) mass is 204 g/mol. The van der Waals surface area contributed by atoms with Gasteiger partial charge in [-0.05, 0) is 18.1 Å². The van der Waals surface area contributed by atoms with E-state index in [1.54, 1.807) is 6.20 Å². The van der Waals surface area contributed by atoms with Gasteiger partial charge in [0.15, 0.2) is 0 Å². The molecule has 1 aromatic rings. The fourth-order valence-corrected chi connectivity index (χ4v) is 1.25. The minimum Gasteiger partial charge on any atom is -0.301 e. The zero-order valence-corrected chi connectivity index (χ0v) is 7.68. The quantitative estimate of drug-likeness (QED) is 0.755. The summed E-state index contributed by atoms with van der Waals surface area (Å²) in [7, 11) is 0. The van der Waals surface area contributed by atoms with Crippen LogP contribution in [0.25, 0.3) is 0 Å².